The fourth-order valence-corrected chi connectivity index (χ4v) is 2.35. The number of hydrogen-bond donors (Lipinski definition) is 0. The van der Waals surface area contributed by atoms with Crippen LogP contribution in [-0.4, -0.2) is 18.5 Å². The topological polar surface area (TPSA) is 0 Å². The van der Waals surface area contributed by atoms with Gasteiger partial charge in [0.15, 0.2) is 0 Å². The van der Waals surface area contributed by atoms with Crippen LogP contribution in [0.1, 0.15) is 41.0 Å². The second kappa shape index (κ2) is 20.8. The average Bonchev–Trinajstić information content (AvgIpc) is 2.80. The summed E-state index contributed by atoms with van der Waals surface area (Å²) in [5, 5.41) is 0. The SMILES string of the molecule is CCP(CC)CC.C[CH-]C.[C-]1=CC=CC1.[Cu+2]. The van der Waals surface area contributed by atoms with Gasteiger partial charge in [-0.25, -0.2) is 12.2 Å². The second-order valence-corrected chi connectivity index (χ2v) is 6.44. The summed E-state index contributed by atoms with van der Waals surface area (Å²) in [6.45, 7) is 10.9. The third-order valence-corrected chi connectivity index (χ3v) is 4.61. The Morgan fingerprint density at radius 1 is 1.12 bits per heavy atom. The molecule has 0 aliphatic heterocycles. The molecule has 1 rings (SSSR count). The molecular formula is C14H27CuP. The Bertz CT molecular complexity index is 133. The van der Waals surface area contributed by atoms with Crippen LogP contribution in [0.3, 0.4) is 0 Å². The standard InChI is InChI=1S/C6H15P.C5H5.C3H7.Cu/c1-4-7(5-2)6-3;1-2-4-5-3-1;1-3-2;/h4-6H2,1-3H3;1-3H,4H2;3H,1-2H3;/q;2*-1;+2. The Balaban J connectivity index is -0.000000166. The van der Waals surface area contributed by atoms with E-state index >= 15 is 0 Å². The second-order valence-electron chi connectivity index (χ2n) is 3.20. The maximum Gasteiger partial charge on any atom is 2.00 e. The molecule has 0 N–H and O–H groups in total. The van der Waals surface area contributed by atoms with E-state index < -0.39 is 0 Å². The monoisotopic (exact) mass is 289 g/mol. The van der Waals surface area contributed by atoms with Crippen molar-refractivity contribution in [3.05, 3.63) is 30.7 Å². The molecule has 1 aliphatic carbocycles. The summed E-state index contributed by atoms with van der Waals surface area (Å²) in [6, 6.07) is 0. The molecule has 0 aromatic carbocycles. The summed E-state index contributed by atoms with van der Waals surface area (Å²) in [4.78, 5) is 0. The smallest absolute Gasteiger partial charge is 0.335 e. The zero-order valence-electron chi connectivity index (χ0n) is 11.4. The molecule has 0 aromatic rings. The van der Waals surface area contributed by atoms with E-state index in [9.17, 15) is 0 Å². The normalized spacial score (nSPS) is 11.1. The van der Waals surface area contributed by atoms with E-state index in [1.165, 1.54) is 18.5 Å². The van der Waals surface area contributed by atoms with E-state index in [1.54, 1.807) is 0 Å². The van der Waals surface area contributed by atoms with Gasteiger partial charge in [0.25, 0.3) is 0 Å². The van der Waals surface area contributed by atoms with E-state index in [4.69, 9.17) is 0 Å². The van der Waals surface area contributed by atoms with Gasteiger partial charge in [-0.2, -0.15) is 19.9 Å². The average molecular weight is 290 g/mol. The van der Waals surface area contributed by atoms with Crippen LogP contribution in [0.4, 0.5) is 0 Å². The number of allylic oxidation sites excluding steroid dienone is 4. The summed E-state index contributed by atoms with van der Waals surface area (Å²) in [5.41, 5.74) is 0. The van der Waals surface area contributed by atoms with Gasteiger partial charge in [-0.05, 0) is 18.5 Å². The summed E-state index contributed by atoms with van der Waals surface area (Å²) in [5.74, 6) is 0. The maximum absolute atomic E-state index is 2.99. The van der Waals surface area contributed by atoms with E-state index in [0.717, 1.165) is 6.42 Å². The van der Waals surface area contributed by atoms with Gasteiger partial charge in [-0.15, -0.1) is 14.3 Å². The van der Waals surface area contributed by atoms with Gasteiger partial charge in [0.2, 0.25) is 0 Å². The number of rotatable bonds is 3. The van der Waals surface area contributed by atoms with E-state index in [2.05, 4.69) is 32.9 Å². The van der Waals surface area contributed by atoms with Crippen molar-refractivity contribution in [1.29, 1.82) is 0 Å². The van der Waals surface area contributed by atoms with Crippen molar-refractivity contribution < 1.29 is 17.1 Å². The van der Waals surface area contributed by atoms with Crippen molar-refractivity contribution >= 4 is 7.92 Å². The third kappa shape index (κ3) is 19.9. The molecule has 1 radical (unpaired) electrons. The molecule has 99 valence electrons. The van der Waals surface area contributed by atoms with Crippen molar-refractivity contribution in [2.24, 2.45) is 0 Å². The van der Waals surface area contributed by atoms with E-state index in [1.807, 2.05) is 32.4 Å². The minimum absolute atomic E-state index is 0. The molecule has 0 atom stereocenters. The Hall–Kier alpha value is 0.429. The molecule has 16 heavy (non-hydrogen) atoms. The van der Waals surface area contributed by atoms with Crippen LogP contribution in [0.15, 0.2) is 18.2 Å². The molecule has 0 heterocycles. The minimum Gasteiger partial charge on any atom is -0.335 e. The molecule has 0 bridgehead atoms. The Kier molecular flexibility index (Phi) is 28.2. The summed E-state index contributed by atoms with van der Waals surface area (Å²) < 4.78 is 0. The Morgan fingerprint density at radius 3 is 1.62 bits per heavy atom. The summed E-state index contributed by atoms with van der Waals surface area (Å²) in [7, 11) is 0.446. The fraction of sp³-hybridized carbons (Fsp3) is 0.643. The summed E-state index contributed by atoms with van der Waals surface area (Å²) >= 11 is 0. The fourth-order valence-electron chi connectivity index (χ4n) is 1.01. The predicted molar refractivity (Wildman–Crippen MR) is 75.8 cm³/mol. The minimum atomic E-state index is 0. The van der Waals surface area contributed by atoms with Gasteiger partial charge in [0.1, 0.15) is 0 Å². The third-order valence-electron chi connectivity index (χ3n) is 1.93. The van der Waals surface area contributed by atoms with Gasteiger partial charge < -0.3 is 6.42 Å². The van der Waals surface area contributed by atoms with E-state index in [0.29, 0.717) is 7.92 Å². The summed E-state index contributed by atoms with van der Waals surface area (Å²) in [6.07, 6.45) is 16.3. The zero-order valence-corrected chi connectivity index (χ0v) is 13.2. The van der Waals surface area contributed by atoms with Gasteiger partial charge in [0.05, 0.1) is 0 Å². The molecular weight excluding hydrogens is 263 g/mol. The van der Waals surface area contributed by atoms with E-state index in [-0.39, 0.29) is 17.1 Å². The molecule has 0 saturated heterocycles. The van der Waals surface area contributed by atoms with Crippen molar-refractivity contribution in [2.45, 2.75) is 41.0 Å². The Labute approximate surface area is 115 Å². The first-order chi connectivity index (χ1) is 7.26. The van der Waals surface area contributed by atoms with Crippen LogP contribution < -0.4 is 0 Å². The van der Waals surface area contributed by atoms with Crippen LogP contribution in [0.5, 0.6) is 0 Å². The zero-order chi connectivity index (χ0) is 11.9. The van der Waals surface area contributed by atoms with Gasteiger partial charge in [-0.3, -0.25) is 6.08 Å². The first-order valence-electron chi connectivity index (χ1n) is 5.94. The molecule has 0 unspecified atom stereocenters. The largest absolute Gasteiger partial charge is 2.00 e. The maximum atomic E-state index is 2.99. The first-order valence-corrected chi connectivity index (χ1v) is 7.84. The molecule has 0 spiro atoms. The molecule has 0 nitrogen and oxygen atoms in total. The molecule has 0 saturated carbocycles. The van der Waals surface area contributed by atoms with Crippen LogP contribution in [-0.2, 0) is 17.1 Å². The molecule has 2 heteroatoms. The van der Waals surface area contributed by atoms with Crippen LogP contribution in [0, 0.1) is 12.5 Å². The molecule has 1 aliphatic rings. The first kappa shape index (κ1) is 21.7. The van der Waals surface area contributed by atoms with Crippen molar-refractivity contribution in [3.63, 3.8) is 0 Å². The quantitative estimate of drug-likeness (QED) is 0.387. The van der Waals surface area contributed by atoms with Crippen LogP contribution in [0.2, 0.25) is 0 Å². The van der Waals surface area contributed by atoms with Crippen molar-refractivity contribution in [2.75, 3.05) is 18.5 Å². The predicted octanol–water partition coefficient (Wildman–Crippen LogP) is 5.06. The van der Waals surface area contributed by atoms with Crippen molar-refractivity contribution in [1.82, 2.24) is 0 Å². The number of hydrogen-bond acceptors (Lipinski definition) is 0. The van der Waals surface area contributed by atoms with Crippen LogP contribution >= 0.6 is 7.92 Å². The van der Waals surface area contributed by atoms with Gasteiger partial charge in [-0.1, -0.05) is 20.8 Å². The molecule has 0 aromatic heterocycles. The van der Waals surface area contributed by atoms with Gasteiger partial charge >= 0.3 is 17.1 Å². The molecule has 0 amide bonds. The van der Waals surface area contributed by atoms with Crippen LogP contribution in [0.25, 0.3) is 0 Å². The van der Waals surface area contributed by atoms with Gasteiger partial charge in [0, 0.05) is 0 Å². The van der Waals surface area contributed by atoms with Crippen molar-refractivity contribution in [3.8, 4) is 0 Å². The Morgan fingerprint density at radius 2 is 1.56 bits per heavy atom. The molecule has 0 fully saturated rings.